The van der Waals surface area contributed by atoms with Crippen LogP contribution in [-0.4, -0.2) is 98.8 Å². The van der Waals surface area contributed by atoms with Gasteiger partial charge in [-0.05, 0) is 45.6 Å². The lowest BCUT2D eigenvalue weighted by atomic mass is 9.90. The number of ether oxygens (including phenoxy) is 2. The molecule has 0 saturated carbocycles. The third-order valence-electron chi connectivity index (χ3n) is 7.65. The highest BCUT2D eigenvalue weighted by Gasteiger charge is 2.40. The van der Waals surface area contributed by atoms with E-state index in [1.165, 1.54) is 0 Å². The number of hydrogen-bond donors (Lipinski definition) is 2. The third-order valence-corrected chi connectivity index (χ3v) is 7.65. The second kappa shape index (κ2) is 14.1. The lowest BCUT2D eigenvalue weighted by Crippen LogP contribution is -2.56. The van der Waals surface area contributed by atoms with E-state index in [1.807, 2.05) is 4.90 Å². The first-order valence-electron chi connectivity index (χ1n) is 12.9. The molecule has 1 aliphatic heterocycles. The molecule has 1 rings (SSSR count). The highest BCUT2D eigenvalue weighted by Crippen LogP contribution is 2.28. The van der Waals surface area contributed by atoms with E-state index in [4.69, 9.17) is 9.47 Å². The van der Waals surface area contributed by atoms with Gasteiger partial charge in [0.1, 0.15) is 0 Å². The fourth-order valence-corrected chi connectivity index (χ4v) is 4.97. The van der Waals surface area contributed by atoms with Gasteiger partial charge in [-0.1, -0.05) is 34.1 Å². The number of nitrogens with one attached hydrogen (secondary N) is 2. The van der Waals surface area contributed by atoms with Gasteiger partial charge in [0.05, 0.1) is 42.8 Å². The van der Waals surface area contributed by atoms with E-state index in [0.717, 1.165) is 19.3 Å². The lowest BCUT2D eigenvalue weighted by molar-refractivity contribution is -0.144. The summed E-state index contributed by atoms with van der Waals surface area (Å²) >= 11 is 0. The standard InChI is InChI=1S/C26H50N4O5/c1-11-18(4)23(29(8)22(32)16-28-25(33)26(5,6)27-7)20(34-9)15-21(31)30-14-12-13-19(30)24(35-10)17(2)3/h17-20,23-24,27H,11-16H2,1-10H3,(H,28,33). The summed E-state index contributed by atoms with van der Waals surface area (Å²) in [5, 5.41) is 5.66. The Kier molecular flexibility index (Phi) is 12.7. The molecule has 204 valence electrons. The summed E-state index contributed by atoms with van der Waals surface area (Å²) in [5.74, 6) is -0.0406. The molecule has 35 heavy (non-hydrogen) atoms. The SMILES string of the molecule is CCC(C)C(C(CC(=O)N1CCCC1C(OC)C(C)C)OC)N(C)C(=O)CNC(=O)C(C)(C)NC. The van der Waals surface area contributed by atoms with Crippen molar-refractivity contribution in [2.24, 2.45) is 11.8 Å². The van der Waals surface area contributed by atoms with Crippen molar-refractivity contribution in [2.75, 3.05) is 41.4 Å². The third kappa shape index (κ3) is 8.15. The molecule has 5 unspecified atom stereocenters. The Morgan fingerprint density at radius 1 is 1.14 bits per heavy atom. The van der Waals surface area contributed by atoms with E-state index in [9.17, 15) is 14.4 Å². The van der Waals surface area contributed by atoms with Gasteiger partial charge < -0.3 is 29.9 Å². The first-order valence-corrected chi connectivity index (χ1v) is 12.9. The molecule has 0 radical (unpaired) electrons. The second-order valence-corrected chi connectivity index (χ2v) is 10.7. The Hall–Kier alpha value is -1.71. The van der Waals surface area contributed by atoms with Crippen LogP contribution in [0.25, 0.3) is 0 Å². The molecule has 2 N–H and O–H groups in total. The normalized spacial score (nSPS) is 19.9. The second-order valence-electron chi connectivity index (χ2n) is 10.7. The Bertz CT molecular complexity index is 699. The molecule has 0 aliphatic carbocycles. The van der Waals surface area contributed by atoms with Crippen molar-refractivity contribution in [3.8, 4) is 0 Å². The van der Waals surface area contributed by atoms with Gasteiger partial charge in [0.15, 0.2) is 0 Å². The Morgan fingerprint density at radius 3 is 2.26 bits per heavy atom. The molecule has 0 bridgehead atoms. The lowest BCUT2D eigenvalue weighted by Gasteiger charge is -2.39. The number of likely N-dealkylation sites (tertiary alicyclic amines) is 1. The zero-order valence-corrected chi connectivity index (χ0v) is 23.6. The first kappa shape index (κ1) is 31.3. The number of carbonyl (C=O) groups is 3. The fourth-order valence-electron chi connectivity index (χ4n) is 4.97. The van der Waals surface area contributed by atoms with E-state index in [1.54, 1.807) is 47.1 Å². The van der Waals surface area contributed by atoms with Crippen LogP contribution in [-0.2, 0) is 23.9 Å². The van der Waals surface area contributed by atoms with Gasteiger partial charge in [-0.15, -0.1) is 0 Å². The minimum absolute atomic E-state index is 0.0115. The maximum Gasteiger partial charge on any atom is 0.242 e. The minimum atomic E-state index is -0.779. The maximum atomic E-state index is 13.5. The van der Waals surface area contributed by atoms with Crippen LogP contribution in [0.1, 0.15) is 67.2 Å². The first-order chi connectivity index (χ1) is 16.4. The van der Waals surface area contributed by atoms with Crippen LogP contribution in [0.5, 0.6) is 0 Å². The number of nitrogens with zero attached hydrogens (tertiary/aromatic N) is 2. The smallest absolute Gasteiger partial charge is 0.242 e. The fraction of sp³-hybridized carbons (Fsp3) is 0.885. The predicted octanol–water partition coefficient (Wildman–Crippen LogP) is 2.04. The van der Waals surface area contributed by atoms with Crippen molar-refractivity contribution in [3.05, 3.63) is 0 Å². The van der Waals surface area contributed by atoms with E-state index in [2.05, 4.69) is 38.3 Å². The average molecular weight is 499 g/mol. The van der Waals surface area contributed by atoms with Crippen LogP contribution in [0.15, 0.2) is 0 Å². The molecule has 0 spiro atoms. The number of amides is 3. The van der Waals surface area contributed by atoms with Crippen LogP contribution >= 0.6 is 0 Å². The van der Waals surface area contributed by atoms with Crippen LogP contribution in [0.2, 0.25) is 0 Å². The van der Waals surface area contributed by atoms with Crippen molar-refractivity contribution < 1.29 is 23.9 Å². The number of carbonyl (C=O) groups excluding carboxylic acids is 3. The molecule has 0 aromatic rings. The summed E-state index contributed by atoms with van der Waals surface area (Å²) in [7, 11) is 6.73. The summed E-state index contributed by atoms with van der Waals surface area (Å²) in [6, 6.07) is -0.253. The van der Waals surface area contributed by atoms with Crippen LogP contribution < -0.4 is 10.6 Å². The number of methoxy groups -OCH3 is 2. The summed E-state index contributed by atoms with van der Waals surface area (Å²) in [6.45, 7) is 12.5. The van der Waals surface area contributed by atoms with Crippen molar-refractivity contribution in [3.63, 3.8) is 0 Å². The zero-order chi connectivity index (χ0) is 26.9. The number of rotatable bonds is 14. The number of likely N-dealkylation sites (N-methyl/N-ethyl adjacent to an activating group) is 2. The highest BCUT2D eigenvalue weighted by molar-refractivity contribution is 5.89. The van der Waals surface area contributed by atoms with E-state index < -0.39 is 11.6 Å². The molecule has 1 aliphatic rings. The van der Waals surface area contributed by atoms with Gasteiger partial charge in [-0.2, -0.15) is 0 Å². The van der Waals surface area contributed by atoms with Crippen LogP contribution in [0.4, 0.5) is 0 Å². The minimum Gasteiger partial charge on any atom is -0.379 e. The topological polar surface area (TPSA) is 100 Å². The monoisotopic (exact) mass is 498 g/mol. The van der Waals surface area contributed by atoms with Gasteiger partial charge in [0.2, 0.25) is 17.7 Å². The predicted molar refractivity (Wildman–Crippen MR) is 138 cm³/mol. The van der Waals surface area contributed by atoms with Gasteiger partial charge in [-0.3, -0.25) is 14.4 Å². The quantitative estimate of drug-likeness (QED) is 0.380. The van der Waals surface area contributed by atoms with Crippen molar-refractivity contribution in [1.82, 2.24) is 20.4 Å². The molecule has 5 atom stereocenters. The Balaban J connectivity index is 2.99. The molecule has 3 amide bonds. The van der Waals surface area contributed by atoms with Gasteiger partial charge in [-0.25, -0.2) is 0 Å². The molecule has 9 nitrogen and oxygen atoms in total. The van der Waals surface area contributed by atoms with Crippen LogP contribution in [0.3, 0.4) is 0 Å². The molecule has 9 heteroatoms. The van der Waals surface area contributed by atoms with Crippen molar-refractivity contribution >= 4 is 17.7 Å². The molecule has 1 fully saturated rings. The summed E-state index contributed by atoms with van der Waals surface area (Å²) in [5.41, 5.74) is -0.779. The Labute approximate surface area is 212 Å². The maximum absolute atomic E-state index is 13.5. The van der Waals surface area contributed by atoms with E-state index in [0.29, 0.717) is 12.5 Å². The largest absolute Gasteiger partial charge is 0.379 e. The molecule has 0 aromatic carbocycles. The molecular formula is C26H50N4O5. The summed E-state index contributed by atoms with van der Waals surface area (Å²) < 4.78 is 11.6. The summed E-state index contributed by atoms with van der Waals surface area (Å²) in [4.78, 5) is 42.5. The van der Waals surface area contributed by atoms with Gasteiger partial charge >= 0.3 is 0 Å². The highest BCUT2D eigenvalue weighted by atomic mass is 16.5. The summed E-state index contributed by atoms with van der Waals surface area (Å²) in [6.07, 6.45) is 2.42. The average Bonchev–Trinajstić information content (AvgIpc) is 3.30. The zero-order valence-electron chi connectivity index (χ0n) is 23.6. The number of hydrogen-bond acceptors (Lipinski definition) is 6. The molecule has 1 heterocycles. The van der Waals surface area contributed by atoms with E-state index in [-0.39, 0.29) is 54.8 Å². The van der Waals surface area contributed by atoms with Crippen molar-refractivity contribution in [1.29, 1.82) is 0 Å². The van der Waals surface area contributed by atoms with E-state index >= 15 is 0 Å². The van der Waals surface area contributed by atoms with Crippen molar-refractivity contribution in [2.45, 2.75) is 97.1 Å². The molecular weight excluding hydrogens is 448 g/mol. The van der Waals surface area contributed by atoms with Crippen LogP contribution in [0, 0.1) is 11.8 Å². The Morgan fingerprint density at radius 2 is 1.77 bits per heavy atom. The van der Waals surface area contributed by atoms with Gasteiger partial charge in [0, 0.05) is 27.8 Å². The molecule has 0 aromatic heterocycles. The molecule has 1 saturated heterocycles. The van der Waals surface area contributed by atoms with Gasteiger partial charge in [0.25, 0.3) is 0 Å².